The van der Waals surface area contributed by atoms with Gasteiger partial charge in [0.1, 0.15) is 0 Å². The molecule has 0 bridgehead atoms. The van der Waals surface area contributed by atoms with Crippen molar-refractivity contribution < 1.29 is 4.79 Å². The molecule has 1 aromatic heterocycles. The van der Waals surface area contributed by atoms with Gasteiger partial charge in [0.15, 0.2) is 0 Å². The van der Waals surface area contributed by atoms with Crippen LogP contribution in [0.2, 0.25) is 0 Å². The zero-order valence-electron chi connectivity index (χ0n) is 7.29. The quantitative estimate of drug-likeness (QED) is 0.531. The molecule has 0 fully saturated rings. The molecule has 0 unspecified atom stereocenters. The SMILES string of the molecule is C=C(C)C(=O)n1c(=O)[nH]c(=O)[nH]c1=O. The van der Waals surface area contributed by atoms with E-state index in [2.05, 4.69) is 6.58 Å². The van der Waals surface area contributed by atoms with Crippen molar-refractivity contribution in [2.24, 2.45) is 0 Å². The summed E-state index contributed by atoms with van der Waals surface area (Å²) in [6, 6.07) is 0. The first-order valence-electron chi connectivity index (χ1n) is 3.59. The second-order valence-electron chi connectivity index (χ2n) is 2.61. The van der Waals surface area contributed by atoms with Crippen LogP contribution in [-0.4, -0.2) is 20.4 Å². The molecule has 0 aliphatic rings. The zero-order valence-corrected chi connectivity index (χ0v) is 7.29. The molecule has 1 aromatic rings. The highest BCUT2D eigenvalue weighted by atomic mass is 16.2. The van der Waals surface area contributed by atoms with Gasteiger partial charge < -0.3 is 0 Å². The number of carbonyl (C=O) groups is 1. The lowest BCUT2D eigenvalue weighted by Gasteiger charge is -1.99. The average molecular weight is 197 g/mol. The number of hydrogen-bond acceptors (Lipinski definition) is 4. The predicted octanol–water partition coefficient (Wildman–Crippen LogP) is -1.56. The third kappa shape index (κ3) is 1.60. The fraction of sp³-hybridized carbons (Fsp3) is 0.143. The molecule has 0 aliphatic carbocycles. The fourth-order valence-electron chi connectivity index (χ4n) is 0.805. The fourth-order valence-corrected chi connectivity index (χ4v) is 0.805. The van der Waals surface area contributed by atoms with Crippen LogP contribution < -0.4 is 17.1 Å². The topological polar surface area (TPSA) is 105 Å². The lowest BCUT2D eigenvalue weighted by molar-refractivity contribution is 0.0944. The minimum atomic E-state index is -1.08. The normalized spacial score (nSPS) is 9.79. The van der Waals surface area contributed by atoms with E-state index in [1.54, 1.807) is 9.97 Å². The number of nitrogens with zero attached hydrogens (tertiary/aromatic N) is 1. The Morgan fingerprint density at radius 2 is 1.64 bits per heavy atom. The van der Waals surface area contributed by atoms with Crippen LogP contribution in [0.5, 0.6) is 0 Å². The van der Waals surface area contributed by atoms with Gasteiger partial charge in [0.05, 0.1) is 0 Å². The molecule has 0 aromatic carbocycles. The van der Waals surface area contributed by atoms with Crippen LogP contribution in [0, 0.1) is 0 Å². The van der Waals surface area contributed by atoms with Crippen molar-refractivity contribution >= 4 is 5.91 Å². The van der Waals surface area contributed by atoms with Gasteiger partial charge in [0, 0.05) is 5.57 Å². The van der Waals surface area contributed by atoms with Crippen molar-refractivity contribution in [3.63, 3.8) is 0 Å². The molecule has 0 spiro atoms. The summed E-state index contributed by atoms with van der Waals surface area (Å²) >= 11 is 0. The van der Waals surface area contributed by atoms with Gasteiger partial charge in [-0.2, -0.15) is 4.57 Å². The molecule has 0 saturated heterocycles. The lowest BCUT2D eigenvalue weighted by atomic mass is 10.3. The van der Waals surface area contributed by atoms with Crippen molar-refractivity contribution in [1.82, 2.24) is 14.5 Å². The van der Waals surface area contributed by atoms with E-state index in [1.165, 1.54) is 6.92 Å². The molecular weight excluding hydrogens is 190 g/mol. The predicted molar refractivity (Wildman–Crippen MR) is 47.4 cm³/mol. The number of H-pyrrole nitrogens is 2. The van der Waals surface area contributed by atoms with E-state index in [-0.39, 0.29) is 10.1 Å². The Bertz CT molecular complexity index is 525. The Morgan fingerprint density at radius 3 is 2.00 bits per heavy atom. The molecule has 7 heteroatoms. The van der Waals surface area contributed by atoms with Gasteiger partial charge >= 0.3 is 17.1 Å². The molecule has 14 heavy (non-hydrogen) atoms. The van der Waals surface area contributed by atoms with Crippen LogP contribution in [0.15, 0.2) is 26.5 Å². The number of rotatable bonds is 1. The van der Waals surface area contributed by atoms with E-state index in [9.17, 15) is 19.2 Å². The Balaban J connectivity index is 3.60. The van der Waals surface area contributed by atoms with E-state index >= 15 is 0 Å². The molecule has 7 nitrogen and oxygen atoms in total. The standard InChI is InChI=1S/C7H7N3O4/c1-3(2)4(11)10-6(13)8-5(12)9-7(10)14/h1H2,2H3,(H2,8,9,12,13,14). The van der Waals surface area contributed by atoms with Gasteiger partial charge in [-0.05, 0) is 6.92 Å². The number of aromatic nitrogens is 3. The second-order valence-corrected chi connectivity index (χ2v) is 2.61. The summed E-state index contributed by atoms with van der Waals surface area (Å²) < 4.78 is 0.268. The third-order valence-corrected chi connectivity index (χ3v) is 1.42. The van der Waals surface area contributed by atoms with Crippen molar-refractivity contribution in [2.45, 2.75) is 6.92 Å². The van der Waals surface area contributed by atoms with Gasteiger partial charge in [-0.25, -0.2) is 14.4 Å². The van der Waals surface area contributed by atoms with Crippen molar-refractivity contribution in [1.29, 1.82) is 0 Å². The first kappa shape index (κ1) is 9.90. The third-order valence-electron chi connectivity index (χ3n) is 1.42. The molecule has 74 valence electrons. The highest BCUT2D eigenvalue weighted by molar-refractivity contribution is 5.93. The van der Waals surface area contributed by atoms with Crippen molar-refractivity contribution in [3.8, 4) is 0 Å². The Labute approximate surface area is 76.7 Å². The lowest BCUT2D eigenvalue weighted by Crippen LogP contribution is -2.46. The van der Waals surface area contributed by atoms with Gasteiger partial charge in [0.25, 0.3) is 5.91 Å². The highest BCUT2D eigenvalue weighted by Gasteiger charge is 2.11. The summed E-state index contributed by atoms with van der Waals surface area (Å²) in [6.07, 6.45) is 0. The molecule has 0 saturated carbocycles. The van der Waals surface area contributed by atoms with Crippen LogP contribution in [0.4, 0.5) is 0 Å². The van der Waals surface area contributed by atoms with E-state index < -0.39 is 23.0 Å². The summed E-state index contributed by atoms with van der Waals surface area (Å²) in [5.41, 5.74) is -3.09. The van der Waals surface area contributed by atoms with E-state index in [1.807, 2.05) is 0 Å². The number of nitrogens with one attached hydrogen (secondary N) is 2. The molecule has 0 atom stereocenters. The number of carbonyl (C=O) groups excluding carboxylic acids is 1. The summed E-state index contributed by atoms with van der Waals surface area (Å²) in [6.45, 7) is 4.63. The van der Waals surface area contributed by atoms with Gasteiger partial charge in [-0.3, -0.25) is 14.8 Å². The molecule has 0 aliphatic heterocycles. The second kappa shape index (κ2) is 3.29. The summed E-state index contributed by atoms with van der Waals surface area (Å²) in [5.74, 6) is -0.854. The van der Waals surface area contributed by atoms with Gasteiger partial charge in [-0.15, -0.1) is 0 Å². The van der Waals surface area contributed by atoms with Crippen molar-refractivity contribution in [2.75, 3.05) is 0 Å². The zero-order chi connectivity index (χ0) is 10.9. The summed E-state index contributed by atoms with van der Waals surface area (Å²) in [7, 11) is 0. The number of hydrogen-bond donors (Lipinski definition) is 2. The van der Waals surface area contributed by atoms with Crippen molar-refractivity contribution in [3.05, 3.63) is 43.6 Å². The molecule has 1 heterocycles. The van der Waals surface area contributed by atoms with Gasteiger partial charge in [-0.1, -0.05) is 6.58 Å². The highest BCUT2D eigenvalue weighted by Crippen LogP contribution is 1.87. The first-order chi connectivity index (χ1) is 6.43. The van der Waals surface area contributed by atoms with Crippen LogP contribution >= 0.6 is 0 Å². The smallest absolute Gasteiger partial charge is 0.268 e. The first-order valence-corrected chi connectivity index (χ1v) is 3.59. The Hall–Kier alpha value is -2.18. The van der Waals surface area contributed by atoms with E-state index in [4.69, 9.17) is 0 Å². The summed E-state index contributed by atoms with van der Waals surface area (Å²) in [4.78, 5) is 47.4. The largest absolute Gasteiger partial charge is 0.340 e. The maximum atomic E-state index is 11.2. The van der Waals surface area contributed by atoms with Crippen LogP contribution in [-0.2, 0) is 0 Å². The van der Waals surface area contributed by atoms with Crippen LogP contribution in [0.25, 0.3) is 0 Å². The van der Waals surface area contributed by atoms with E-state index in [0.717, 1.165) is 0 Å². The maximum absolute atomic E-state index is 11.2. The monoisotopic (exact) mass is 197 g/mol. The minimum Gasteiger partial charge on any atom is -0.268 e. The number of aromatic amines is 2. The van der Waals surface area contributed by atoms with Gasteiger partial charge in [0.2, 0.25) is 0 Å². The molecule has 2 N–H and O–H groups in total. The molecule has 1 rings (SSSR count). The summed E-state index contributed by atoms with van der Waals surface area (Å²) in [5, 5.41) is 0. The van der Waals surface area contributed by atoms with Crippen LogP contribution in [0.1, 0.15) is 11.7 Å². The van der Waals surface area contributed by atoms with Crippen LogP contribution in [0.3, 0.4) is 0 Å². The average Bonchev–Trinajstić information content (AvgIpc) is 2.01. The van der Waals surface area contributed by atoms with E-state index in [0.29, 0.717) is 0 Å². The Morgan fingerprint density at radius 1 is 1.21 bits per heavy atom. The number of allylic oxidation sites excluding steroid dienone is 1. The molecule has 0 amide bonds. The molecular formula is C7H7N3O4. The maximum Gasteiger partial charge on any atom is 0.340 e. The Kier molecular flexibility index (Phi) is 2.32. The minimum absolute atomic E-state index is 0.0182. The molecule has 0 radical (unpaired) electrons.